The Morgan fingerprint density at radius 1 is 0.852 bits per heavy atom. The molecule has 0 saturated heterocycles. The van der Waals surface area contributed by atoms with E-state index in [2.05, 4.69) is 82.1 Å². The van der Waals surface area contributed by atoms with E-state index in [1.165, 1.54) is 38.6 Å². The van der Waals surface area contributed by atoms with Gasteiger partial charge < -0.3 is 0 Å². The van der Waals surface area contributed by atoms with Crippen molar-refractivity contribution in [2.24, 2.45) is 0 Å². The highest BCUT2D eigenvalue weighted by Crippen LogP contribution is 2.39. The van der Waals surface area contributed by atoms with E-state index in [1.54, 1.807) is 0 Å². The average Bonchev–Trinajstić information content (AvgIpc) is 2.66. The molecule has 0 aliphatic heterocycles. The van der Waals surface area contributed by atoms with E-state index in [9.17, 15) is 0 Å². The molecule has 4 rings (SSSR count). The molecular weight excluding hydrogens is 328 g/mol. The third kappa shape index (κ3) is 2.90. The maximum Gasteiger partial charge on any atom is 0.0708 e. The first-order valence-corrected chi connectivity index (χ1v) is 9.79. The third-order valence-corrected chi connectivity index (χ3v) is 5.50. The van der Waals surface area contributed by atoms with Crippen LogP contribution in [0.5, 0.6) is 0 Å². The molecule has 0 atom stereocenters. The molecule has 0 radical (unpaired) electrons. The molecule has 0 bridgehead atoms. The molecule has 2 aromatic carbocycles. The van der Waals surface area contributed by atoms with Crippen LogP contribution in [0.15, 0.2) is 48.7 Å². The molecule has 2 nitrogen and oxygen atoms in total. The topological polar surface area (TPSA) is 25.8 Å². The molecule has 136 valence electrons. The Labute approximate surface area is 161 Å². The normalized spacial score (nSPS) is 11.6. The third-order valence-electron chi connectivity index (χ3n) is 5.50. The standard InChI is InChI=1S/C25H26N2/c1-6-18-19(9-12-23-25(18)16(4)13-14-26-23)20-10-11-22-21(24(20)15(2)3)8-7-17(5)27-22/h7-15H,6H2,1-5H3. The number of pyridine rings is 2. The van der Waals surface area contributed by atoms with Crippen LogP contribution in [0.4, 0.5) is 0 Å². The first-order valence-electron chi connectivity index (χ1n) is 9.79. The molecule has 0 saturated carbocycles. The Kier molecular flexibility index (Phi) is 4.43. The summed E-state index contributed by atoms with van der Waals surface area (Å²) >= 11 is 0. The van der Waals surface area contributed by atoms with Crippen molar-refractivity contribution < 1.29 is 0 Å². The predicted octanol–water partition coefficient (Wildman–Crippen LogP) is 6.75. The Morgan fingerprint density at radius 2 is 1.59 bits per heavy atom. The van der Waals surface area contributed by atoms with E-state index < -0.39 is 0 Å². The molecule has 0 spiro atoms. The molecule has 0 N–H and O–H groups in total. The molecule has 27 heavy (non-hydrogen) atoms. The number of fused-ring (bicyclic) bond motifs is 2. The maximum atomic E-state index is 4.75. The molecule has 0 fully saturated rings. The van der Waals surface area contributed by atoms with Crippen molar-refractivity contribution in [3.05, 3.63) is 71.0 Å². The van der Waals surface area contributed by atoms with Crippen molar-refractivity contribution in [1.82, 2.24) is 9.97 Å². The van der Waals surface area contributed by atoms with Crippen LogP contribution in [0.2, 0.25) is 0 Å². The Hall–Kier alpha value is -2.74. The minimum atomic E-state index is 0.420. The van der Waals surface area contributed by atoms with E-state index in [0.717, 1.165) is 23.1 Å². The zero-order valence-corrected chi connectivity index (χ0v) is 16.8. The van der Waals surface area contributed by atoms with E-state index in [-0.39, 0.29) is 0 Å². The maximum absolute atomic E-state index is 4.75. The molecule has 2 heterocycles. The van der Waals surface area contributed by atoms with Crippen molar-refractivity contribution in [2.45, 2.75) is 47.0 Å². The van der Waals surface area contributed by atoms with Gasteiger partial charge in [-0.25, -0.2) is 0 Å². The second-order valence-electron chi connectivity index (χ2n) is 7.67. The summed E-state index contributed by atoms with van der Waals surface area (Å²) in [7, 11) is 0. The minimum absolute atomic E-state index is 0.420. The van der Waals surface area contributed by atoms with Crippen LogP contribution in [0, 0.1) is 13.8 Å². The van der Waals surface area contributed by atoms with Gasteiger partial charge in [-0.2, -0.15) is 0 Å². The summed E-state index contributed by atoms with van der Waals surface area (Å²) in [6, 6.07) is 15.3. The lowest BCUT2D eigenvalue weighted by molar-refractivity contribution is 0.877. The molecule has 2 heteroatoms. The van der Waals surface area contributed by atoms with Gasteiger partial charge in [0, 0.05) is 22.7 Å². The van der Waals surface area contributed by atoms with Crippen molar-refractivity contribution >= 4 is 21.8 Å². The SMILES string of the molecule is CCc1c(-c2ccc3nc(C)ccc3c2C(C)C)ccc2nccc(C)c12. The molecule has 0 amide bonds. The number of hydrogen-bond acceptors (Lipinski definition) is 2. The van der Waals surface area contributed by atoms with Crippen molar-refractivity contribution in [1.29, 1.82) is 0 Å². The van der Waals surface area contributed by atoms with Gasteiger partial charge in [-0.15, -0.1) is 0 Å². The first kappa shape index (κ1) is 17.7. The molecule has 4 aromatic rings. The zero-order valence-electron chi connectivity index (χ0n) is 16.8. The van der Waals surface area contributed by atoms with E-state index in [0.29, 0.717) is 5.92 Å². The summed E-state index contributed by atoms with van der Waals surface area (Å²) in [6.07, 6.45) is 2.89. The van der Waals surface area contributed by atoms with Crippen LogP contribution in [-0.2, 0) is 6.42 Å². The van der Waals surface area contributed by atoms with Crippen LogP contribution in [0.3, 0.4) is 0 Å². The Balaban J connectivity index is 2.10. The Morgan fingerprint density at radius 3 is 2.33 bits per heavy atom. The number of rotatable bonds is 3. The molecular formula is C25H26N2. The summed E-state index contributed by atoms with van der Waals surface area (Å²) in [5.74, 6) is 0.420. The van der Waals surface area contributed by atoms with Gasteiger partial charge in [0.15, 0.2) is 0 Å². The second-order valence-corrected chi connectivity index (χ2v) is 7.67. The molecule has 0 aliphatic carbocycles. The fraction of sp³-hybridized carbons (Fsp3) is 0.280. The lowest BCUT2D eigenvalue weighted by Crippen LogP contribution is -2.00. The van der Waals surface area contributed by atoms with Gasteiger partial charge in [0.25, 0.3) is 0 Å². The van der Waals surface area contributed by atoms with Crippen molar-refractivity contribution in [2.75, 3.05) is 0 Å². The summed E-state index contributed by atoms with van der Waals surface area (Å²) in [6.45, 7) is 11.0. The van der Waals surface area contributed by atoms with Crippen LogP contribution >= 0.6 is 0 Å². The lowest BCUT2D eigenvalue weighted by atomic mass is 9.85. The highest BCUT2D eigenvalue weighted by atomic mass is 14.7. The van der Waals surface area contributed by atoms with Crippen molar-refractivity contribution in [3.8, 4) is 11.1 Å². The number of aryl methyl sites for hydroxylation is 3. The quantitative estimate of drug-likeness (QED) is 0.406. The number of hydrogen-bond donors (Lipinski definition) is 0. The second kappa shape index (κ2) is 6.77. The van der Waals surface area contributed by atoms with Gasteiger partial charge in [-0.1, -0.05) is 39.0 Å². The molecule has 0 unspecified atom stereocenters. The highest BCUT2D eigenvalue weighted by Gasteiger charge is 2.17. The van der Waals surface area contributed by atoms with E-state index in [1.807, 2.05) is 6.20 Å². The van der Waals surface area contributed by atoms with Crippen molar-refractivity contribution in [3.63, 3.8) is 0 Å². The summed E-state index contributed by atoms with van der Waals surface area (Å²) in [5, 5.41) is 2.56. The van der Waals surface area contributed by atoms with Gasteiger partial charge in [0.2, 0.25) is 0 Å². The zero-order chi connectivity index (χ0) is 19.1. The summed E-state index contributed by atoms with van der Waals surface area (Å²) < 4.78 is 0. The van der Waals surface area contributed by atoms with Crippen LogP contribution in [0.25, 0.3) is 32.9 Å². The summed E-state index contributed by atoms with van der Waals surface area (Å²) in [5.41, 5.74) is 9.95. The number of benzene rings is 2. The van der Waals surface area contributed by atoms with Crippen LogP contribution in [0.1, 0.15) is 49.1 Å². The average molecular weight is 354 g/mol. The van der Waals surface area contributed by atoms with Gasteiger partial charge in [-0.05, 0) is 78.3 Å². The van der Waals surface area contributed by atoms with Gasteiger partial charge >= 0.3 is 0 Å². The fourth-order valence-corrected chi connectivity index (χ4v) is 4.30. The predicted molar refractivity (Wildman–Crippen MR) is 115 cm³/mol. The molecule has 0 aliphatic rings. The number of nitrogens with zero attached hydrogens (tertiary/aromatic N) is 2. The highest BCUT2D eigenvalue weighted by molar-refractivity contribution is 5.96. The van der Waals surface area contributed by atoms with Crippen LogP contribution in [-0.4, -0.2) is 9.97 Å². The molecule has 2 aromatic heterocycles. The van der Waals surface area contributed by atoms with Gasteiger partial charge in [-0.3, -0.25) is 9.97 Å². The first-order chi connectivity index (χ1) is 13.0. The minimum Gasteiger partial charge on any atom is -0.256 e. The lowest BCUT2D eigenvalue weighted by Gasteiger charge is -2.20. The van der Waals surface area contributed by atoms with Crippen LogP contribution < -0.4 is 0 Å². The number of aromatic nitrogens is 2. The Bertz CT molecular complexity index is 1160. The van der Waals surface area contributed by atoms with E-state index >= 15 is 0 Å². The van der Waals surface area contributed by atoms with Gasteiger partial charge in [0.05, 0.1) is 11.0 Å². The largest absolute Gasteiger partial charge is 0.256 e. The summed E-state index contributed by atoms with van der Waals surface area (Å²) in [4.78, 5) is 9.34. The monoisotopic (exact) mass is 354 g/mol. The van der Waals surface area contributed by atoms with E-state index in [4.69, 9.17) is 4.98 Å². The smallest absolute Gasteiger partial charge is 0.0708 e. The van der Waals surface area contributed by atoms with Gasteiger partial charge in [0.1, 0.15) is 0 Å². The fourth-order valence-electron chi connectivity index (χ4n) is 4.30.